The van der Waals surface area contributed by atoms with Crippen molar-refractivity contribution in [3.8, 4) is 11.5 Å². The molecule has 0 radical (unpaired) electrons. The van der Waals surface area contributed by atoms with Crippen molar-refractivity contribution in [2.75, 3.05) is 26.1 Å². The second kappa shape index (κ2) is 9.07. The molecule has 1 N–H and O–H groups in total. The number of esters is 1. The monoisotopic (exact) mass is 435 g/mol. The number of nitrogens with one attached hydrogen (secondary N) is 1. The molecule has 3 aromatic rings. The van der Waals surface area contributed by atoms with Crippen molar-refractivity contribution in [1.29, 1.82) is 0 Å². The van der Waals surface area contributed by atoms with Crippen LogP contribution in [0.5, 0.6) is 11.5 Å². The number of halogens is 3. The van der Waals surface area contributed by atoms with Crippen molar-refractivity contribution < 1.29 is 32.2 Å². The fourth-order valence-corrected chi connectivity index (χ4v) is 2.96. The number of fused-ring (bicyclic) bond motifs is 1. The highest BCUT2D eigenvalue weighted by molar-refractivity contribution is 5.95. The van der Waals surface area contributed by atoms with Gasteiger partial charge in [-0.25, -0.2) is 27.9 Å². The Morgan fingerprint density at radius 1 is 1.00 bits per heavy atom. The number of aromatic nitrogens is 2. The summed E-state index contributed by atoms with van der Waals surface area (Å²) in [7, 11) is 2.99. The van der Waals surface area contributed by atoms with Gasteiger partial charge in [0.1, 0.15) is 5.52 Å². The SMILES string of the molecule is CCOC(=O)c1nc2c(C)c(F)c(F)c(F)c2nc1NCc1ccc(OC)c(OC)c1. The summed E-state index contributed by atoms with van der Waals surface area (Å²) in [6.45, 7) is 3.01. The number of aryl methyl sites for hydroxylation is 1. The molecular formula is C21H20F3N3O4. The Bertz CT molecular complexity index is 1150. The maximum Gasteiger partial charge on any atom is 0.360 e. The van der Waals surface area contributed by atoms with Crippen LogP contribution in [0.25, 0.3) is 11.0 Å². The first-order chi connectivity index (χ1) is 14.8. The lowest BCUT2D eigenvalue weighted by molar-refractivity contribution is 0.0520. The summed E-state index contributed by atoms with van der Waals surface area (Å²) < 4.78 is 57.6. The van der Waals surface area contributed by atoms with Gasteiger partial charge in [-0.1, -0.05) is 6.07 Å². The normalized spacial score (nSPS) is 10.8. The van der Waals surface area contributed by atoms with E-state index in [4.69, 9.17) is 14.2 Å². The highest BCUT2D eigenvalue weighted by Gasteiger charge is 2.25. The number of anilines is 1. The molecule has 164 valence electrons. The third-order valence-electron chi connectivity index (χ3n) is 4.55. The van der Waals surface area contributed by atoms with Gasteiger partial charge in [-0.05, 0) is 31.5 Å². The summed E-state index contributed by atoms with van der Waals surface area (Å²) >= 11 is 0. The van der Waals surface area contributed by atoms with E-state index in [0.29, 0.717) is 11.5 Å². The van der Waals surface area contributed by atoms with Crippen LogP contribution in [0.4, 0.5) is 19.0 Å². The number of hydrogen-bond donors (Lipinski definition) is 1. The van der Waals surface area contributed by atoms with Crippen LogP contribution >= 0.6 is 0 Å². The Morgan fingerprint density at radius 3 is 2.35 bits per heavy atom. The number of benzene rings is 2. The molecule has 1 aromatic heterocycles. The summed E-state index contributed by atoms with van der Waals surface area (Å²) in [6.07, 6.45) is 0. The van der Waals surface area contributed by atoms with Crippen LogP contribution in [0.2, 0.25) is 0 Å². The van der Waals surface area contributed by atoms with Crippen LogP contribution in [0.15, 0.2) is 18.2 Å². The molecule has 0 aliphatic rings. The summed E-state index contributed by atoms with van der Waals surface area (Å²) in [4.78, 5) is 20.4. The zero-order valence-corrected chi connectivity index (χ0v) is 17.3. The third-order valence-corrected chi connectivity index (χ3v) is 4.55. The number of carbonyl (C=O) groups is 1. The molecule has 31 heavy (non-hydrogen) atoms. The van der Waals surface area contributed by atoms with E-state index in [1.165, 1.54) is 21.1 Å². The van der Waals surface area contributed by atoms with Crippen molar-refractivity contribution in [2.24, 2.45) is 0 Å². The second-order valence-corrected chi connectivity index (χ2v) is 6.45. The van der Waals surface area contributed by atoms with Gasteiger partial charge in [-0.15, -0.1) is 0 Å². The minimum Gasteiger partial charge on any atom is -0.493 e. The largest absolute Gasteiger partial charge is 0.493 e. The molecule has 0 unspecified atom stereocenters. The lowest BCUT2D eigenvalue weighted by Crippen LogP contribution is -2.15. The molecule has 10 heteroatoms. The Labute approximate surface area is 176 Å². The molecule has 0 aliphatic heterocycles. The molecule has 0 saturated carbocycles. The minimum absolute atomic E-state index is 0.0544. The van der Waals surface area contributed by atoms with Crippen LogP contribution < -0.4 is 14.8 Å². The highest BCUT2D eigenvalue weighted by Crippen LogP contribution is 2.29. The fraction of sp³-hybridized carbons (Fsp3) is 0.286. The number of methoxy groups -OCH3 is 2. The number of nitrogens with zero attached hydrogens (tertiary/aromatic N) is 2. The number of carbonyl (C=O) groups excluding carboxylic acids is 1. The van der Waals surface area contributed by atoms with Gasteiger partial charge >= 0.3 is 5.97 Å². The quantitative estimate of drug-likeness (QED) is 0.441. The van der Waals surface area contributed by atoms with Crippen LogP contribution in [-0.4, -0.2) is 36.8 Å². The first kappa shape index (κ1) is 22.1. The summed E-state index contributed by atoms with van der Waals surface area (Å²) in [5.41, 5.74) is -0.589. The molecule has 0 atom stereocenters. The molecule has 2 aromatic carbocycles. The molecule has 3 rings (SSSR count). The summed E-state index contributed by atoms with van der Waals surface area (Å²) in [5, 5.41) is 2.88. The van der Waals surface area contributed by atoms with Crippen molar-refractivity contribution >= 4 is 22.8 Å². The van der Waals surface area contributed by atoms with E-state index in [1.807, 2.05) is 0 Å². The second-order valence-electron chi connectivity index (χ2n) is 6.45. The molecule has 0 bridgehead atoms. The molecule has 0 aliphatic carbocycles. The minimum atomic E-state index is -1.66. The topological polar surface area (TPSA) is 82.6 Å². The average molecular weight is 435 g/mol. The van der Waals surface area contributed by atoms with Gasteiger partial charge in [0.25, 0.3) is 0 Å². The predicted molar refractivity (Wildman–Crippen MR) is 107 cm³/mol. The van der Waals surface area contributed by atoms with Gasteiger partial charge in [0.15, 0.2) is 40.5 Å². The molecule has 0 spiro atoms. The molecule has 0 amide bonds. The number of rotatable bonds is 7. The van der Waals surface area contributed by atoms with Crippen LogP contribution in [-0.2, 0) is 11.3 Å². The molecule has 0 saturated heterocycles. The van der Waals surface area contributed by atoms with E-state index < -0.39 is 28.9 Å². The van der Waals surface area contributed by atoms with E-state index >= 15 is 0 Å². The third kappa shape index (κ3) is 4.18. The summed E-state index contributed by atoms with van der Waals surface area (Å²) in [5.74, 6) is -4.50. The standard InChI is InChI=1S/C21H20F3N3O4/c1-5-31-21(28)19-20(25-9-11-6-7-12(29-3)13(8-11)30-4)27-18-16(24)15(23)14(22)10(2)17(18)26-19/h6-8H,5,9H2,1-4H3,(H,25,27). The Balaban J connectivity index is 2.07. The first-order valence-electron chi connectivity index (χ1n) is 9.29. The van der Waals surface area contributed by atoms with Crippen LogP contribution in [0.1, 0.15) is 28.5 Å². The Kier molecular flexibility index (Phi) is 6.47. The van der Waals surface area contributed by atoms with Gasteiger partial charge < -0.3 is 19.5 Å². The van der Waals surface area contributed by atoms with Crippen molar-refractivity contribution in [3.63, 3.8) is 0 Å². The molecular weight excluding hydrogens is 415 g/mol. The fourth-order valence-electron chi connectivity index (χ4n) is 2.96. The highest BCUT2D eigenvalue weighted by atomic mass is 19.2. The number of hydrogen-bond acceptors (Lipinski definition) is 7. The predicted octanol–water partition coefficient (Wildman–Crippen LogP) is 4.16. The summed E-state index contributed by atoms with van der Waals surface area (Å²) in [6, 6.07) is 5.13. The van der Waals surface area contributed by atoms with Gasteiger partial charge in [-0.2, -0.15) is 0 Å². The molecule has 1 heterocycles. The maximum absolute atomic E-state index is 14.4. The van der Waals surface area contributed by atoms with E-state index in [9.17, 15) is 18.0 Å². The van der Waals surface area contributed by atoms with Gasteiger partial charge in [0, 0.05) is 12.1 Å². The van der Waals surface area contributed by atoms with E-state index in [1.54, 1.807) is 25.1 Å². The number of ether oxygens (including phenoxy) is 3. The van der Waals surface area contributed by atoms with Crippen molar-refractivity contribution in [3.05, 3.63) is 52.5 Å². The van der Waals surface area contributed by atoms with E-state index in [2.05, 4.69) is 15.3 Å². The average Bonchev–Trinajstić information content (AvgIpc) is 2.79. The maximum atomic E-state index is 14.4. The van der Waals surface area contributed by atoms with Crippen molar-refractivity contribution in [2.45, 2.75) is 20.4 Å². The zero-order valence-electron chi connectivity index (χ0n) is 17.3. The van der Waals surface area contributed by atoms with Gasteiger partial charge in [-0.3, -0.25) is 0 Å². The van der Waals surface area contributed by atoms with E-state index in [-0.39, 0.29) is 35.7 Å². The van der Waals surface area contributed by atoms with E-state index in [0.717, 1.165) is 5.56 Å². The Hall–Kier alpha value is -3.56. The van der Waals surface area contributed by atoms with Gasteiger partial charge in [0.2, 0.25) is 0 Å². The van der Waals surface area contributed by atoms with Crippen LogP contribution in [0, 0.1) is 24.4 Å². The van der Waals surface area contributed by atoms with Crippen molar-refractivity contribution in [1.82, 2.24) is 9.97 Å². The molecule has 0 fully saturated rings. The lowest BCUT2D eigenvalue weighted by atomic mass is 10.1. The molecule has 7 nitrogen and oxygen atoms in total. The zero-order chi connectivity index (χ0) is 22.7. The smallest absolute Gasteiger partial charge is 0.360 e. The Morgan fingerprint density at radius 2 is 1.71 bits per heavy atom. The lowest BCUT2D eigenvalue weighted by Gasteiger charge is -2.14. The van der Waals surface area contributed by atoms with Gasteiger partial charge in [0.05, 0.1) is 26.3 Å². The van der Waals surface area contributed by atoms with Crippen LogP contribution in [0.3, 0.4) is 0 Å². The first-order valence-corrected chi connectivity index (χ1v) is 9.29.